The van der Waals surface area contributed by atoms with Crippen LogP contribution in [0.15, 0.2) is 48.5 Å². The average molecular weight is 493 g/mol. The number of hydrogen-bond acceptors (Lipinski definition) is 6. The van der Waals surface area contributed by atoms with Crippen LogP contribution in [0, 0.1) is 0 Å². The predicted molar refractivity (Wildman–Crippen MR) is 133 cm³/mol. The summed E-state index contributed by atoms with van der Waals surface area (Å²) in [6, 6.07) is 15.5. The van der Waals surface area contributed by atoms with E-state index in [1.165, 1.54) is 5.56 Å². The number of piperidine rings is 1. The molecule has 1 saturated heterocycles. The smallest absolute Gasteiger partial charge is 0.254 e. The number of nitrogens with one attached hydrogen (secondary N) is 2. The summed E-state index contributed by atoms with van der Waals surface area (Å²) in [4.78, 5) is 50.2. The molecular formula is C27H32N4O5. The first-order valence-corrected chi connectivity index (χ1v) is 12.3. The van der Waals surface area contributed by atoms with Crippen LogP contribution in [-0.2, 0) is 27.5 Å². The third kappa shape index (κ3) is 6.09. The summed E-state index contributed by atoms with van der Waals surface area (Å²) in [7, 11) is 0. The van der Waals surface area contributed by atoms with Crippen molar-refractivity contribution in [2.75, 3.05) is 13.1 Å². The SMILES string of the molecule is CC(CCC(=O)NC=O)N1Cc2cc(OC3CN(Cc4ccccc4)CCC3NC=O)ccc2C1=O. The van der Waals surface area contributed by atoms with Gasteiger partial charge >= 0.3 is 0 Å². The number of likely N-dealkylation sites (tertiary alicyclic amines) is 1. The minimum absolute atomic E-state index is 0.0768. The highest BCUT2D eigenvalue weighted by molar-refractivity contribution is 5.98. The largest absolute Gasteiger partial charge is 0.487 e. The number of rotatable bonds is 11. The first-order chi connectivity index (χ1) is 17.5. The molecule has 0 saturated carbocycles. The quantitative estimate of drug-likeness (QED) is 0.464. The maximum absolute atomic E-state index is 12.9. The number of fused-ring (bicyclic) bond motifs is 1. The normalized spacial score (nSPS) is 20.4. The molecule has 2 aromatic rings. The number of nitrogens with zero attached hydrogens (tertiary/aromatic N) is 2. The van der Waals surface area contributed by atoms with Crippen LogP contribution in [0.2, 0.25) is 0 Å². The lowest BCUT2D eigenvalue weighted by Gasteiger charge is -2.38. The van der Waals surface area contributed by atoms with Crippen molar-refractivity contribution >= 4 is 24.6 Å². The first-order valence-electron chi connectivity index (χ1n) is 12.3. The molecule has 2 N–H and O–H groups in total. The predicted octanol–water partition coefficient (Wildman–Crippen LogP) is 1.85. The fourth-order valence-electron chi connectivity index (χ4n) is 4.92. The molecule has 0 radical (unpaired) electrons. The van der Waals surface area contributed by atoms with Crippen LogP contribution in [0.3, 0.4) is 0 Å². The molecule has 2 heterocycles. The average Bonchev–Trinajstić information content (AvgIpc) is 3.21. The summed E-state index contributed by atoms with van der Waals surface area (Å²) in [5, 5.41) is 5.03. The molecule has 4 amide bonds. The van der Waals surface area contributed by atoms with Crippen molar-refractivity contribution < 1.29 is 23.9 Å². The lowest BCUT2D eigenvalue weighted by molar-refractivity contribution is -0.125. The molecule has 0 bridgehead atoms. The van der Waals surface area contributed by atoms with Crippen LogP contribution in [0.25, 0.3) is 0 Å². The van der Waals surface area contributed by atoms with Crippen molar-refractivity contribution in [2.24, 2.45) is 0 Å². The molecule has 2 aliphatic heterocycles. The van der Waals surface area contributed by atoms with E-state index in [4.69, 9.17) is 4.74 Å². The molecule has 9 nitrogen and oxygen atoms in total. The van der Waals surface area contributed by atoms with Crippen LogP contribution in [0.5, 0.6) is 5.75 Å². The molecule has 36 heavy (non-hydrogen) atoms. The van der Waals surface area contributed by atoms with Gasteiger partial charge in [-0.3, -0.25) is 29.4 Å². The van der Waals surface area contributed by atoms with Gasteiger partial charge in [-0.2, -0.15) is 0 Å². The maximum Gasteiger partial charge on any atom is 0.254 e. The number of hydrogen-bond donors (Lipinski definition) is 2. The second-order valence-corrected chi connectivity index (χ2v) is 9.38. The molecule has 3 atom stereocenters. The van der Waals surface area contributed by atoms with Crippen LogP contribution >= 0.6 is 0 Å². The Hall–Kier alpha value is -3.72. The molecule has 2 aliphatic rings. The van der Waals surface area contributed by atoms with E-state index in [-0.39, 0.29) is 36.4 Å². The molecular weight excluding hydrogens is 460 g/mol. The van der Waals surface area contributed by atoms with Gasteiger partial charge in [-0.1, -0.05) is 30.3 Å². The number of ether oxygens (including phenoxy) is 1. The van der Waals surface area contributed by atoms with E-state index in [9.17, 15) is 19.2 Å². The van der Waals surface area contributed by atoms with Gasteiger partial charge in [0, 0.05) is 44.2 Å². The summed E-state index contributed by atoms with van der Waals surface area (Å²) in [5.74, 6) is 0.224. The van der Waals surface area contributed by atoms with Crippen LogP contribution < -0.4 is 15.4 Å². The number of imide groups is 1. The Morgan fingerprint density at radius 2 is 1.97 bits per heavy atom. The molecule has 2 aromatic carbocycles. The minimum Gasteiger partial charge on any atom is -0.487 e. The Bertz CT molecular complexity index is 1090. The summed E-state index contributed by atoms with van der Waals surface area (Å²) < 4.78 is 6.37. The topological polar surface area (TPSA) is 108 Å². The molecule has 0 aliphatic carbocycles. The highest BCUT2D eigenvalue weighted by atomic mass is 16.5. The van der Waals surface area contributed by atoms with E-state index in [0.29, 0.717) is 37.2 Å². The van der Waals surface area contributed by atoms with Crippen molar-refractivity contribution in [1.82, 2.24) is 20.4 Å². The zero-order valence-corrected chi connectivity index (χ0v) is 20.4. The number of carbonyl (C=O) groups is 4. The van der Waals surface area contributed by atoms with Gasteiger partial charge in [0.25, 0.3) is 5.91 Å². The summed E-state index contributed by atoms with van der Waals surface area (Å²) >= 11 is 0. The Labute approximate surface area is 210 Å². The van der Waals surface area contributed by atoms with Gasteiger partial charge in [0.1, 0.15) is 11.9 Å². The van der Waals surface area contributed by atoms with Crippen LogP contribution in [-0.4, -0.2) is 65.7 Å². The molecule has 0 spiro atoms. The van der Waals surface area contributed by atoms with E-state index in [2.05, 4.69) is 27.7 Å². The van der Waals surface area contributed by atoms with Crippen molar-refractivity contribution in [3.63, 3.8) is 0 Å². The van der Waals surface area contributed by atoms with E-state index in [0.717, 1.165) is 31.5 Å². The van der Waals surface area contributed by atoms with Crippen molar-refractivity contribution in [2.45, 2.75) is 57.5 Å². The van der Waals surface area contributed by atoms with E-state index < -0.39 is 0 Å². The lowest BCUT2D eigenvalue weighted by Crippen LogP contribution is -2.54. The zero-order valence-electron chi connectivity index (χ0n) is 20.4. The third-order valence-corrected chi connectivity index (χ3v) is 6.91. The van der Waals surface area contributed by atoms with Gasteiger partial charge in [-0.15, -0.1) is 0 Å². The Morgan fingerprint density at radius 3 is 2.72 bits per heavy atom. The maximum atomic E-state index is 12.9. The summed E-state index contributed by atoms with van der Waals surface area (Å²) in [6.45, 7) is 4.67. The van der Waals surface area contributed by atoms with Gasteiger partial charge in [0.2, 0.25) is 18.7 Å². The van der Waals surface area contributed by atoms with Gasteiger partial charge in [-0.05, 0) is 49.1 Å². The molecule has 1 fully saturated rings. The van der Waals surface area contributed by atoms with Gasteiger partial charge in [-0.25, -0.2) is 0 Å². The Balaban J connectivity index is 1.41. The van der Waals surface area contributed by atoms with Crippen molar-refractivity contribution in [3.05, 3.63) is 65.2 Å². The number of benzene rings is 2. The Morgan fingerprint density at radius 1 is 1.17 bits per heavy atom. The zero-order chi connectivity index (χ0) is 25.5. The monoisotopic (exact) mass is 492 g/mol. The second-order valence-electron chi connectivity index (χ2n) is 9.38. The number of carbonyl (C=O) groups excluding carboxylic acids is 4. The van der Waals surface area contributed by atoms with E-state index >= 15 is 0 Å². The molecule has 4 rings (SSSR count). The van der Waals surface area contributed by atoms with Gasteiger partial charge < -0.3 is 15.0 Å². The van der Waals surface area contributed by atoms with Crippen LogP contribution in [0.4, 0.5) is 0 Å². The van der Waals surface area contributed by atoms with Crippen molar-refractivity contribution in [3.8, 4) is 5.75 Å². The molecule has 9 heteroatoms. The highest BCUT2D eigenvalue weighted by Crippen LogP contribution is 2.30. The summed E-state index contributed by atoms with van der Waals surface area (Å²) in [5.41, 5.74) is 2.73. The molecule has 3 unspecified atom stereocenters. The first kappa shape index (κ1) is 25.4. The van der Waals surface area contributed by atoms with Gasteiger partial charge in [0.15, 0.2) is 0 Å². The van der Waals surface area contributed by atoms with E-state index in [1.54, 1.807) is 17.0 Å². The molecule has 0 aromatic heterocycles. The highest BCUT2D eigenvalue weighted by Gasteiger charge is 2.33. The molecule has 190 valence electrons. The third-order valence-electron chi connectivity index (χ3n) is 6.91. The lowest BCUT2D eigenvalue weighted by atomic mass is 10.0. The van der Waals surface area contributed by atoms with Crippen LogP contribution in [0.1, 0.15) is 47.7 Å². The number of amides is 4. The summed E-state index contributed by atoms with van der Waals surface area (Å²) in [6.07, 6.45) is 2.27. The second kappa shape index (κ2) is 11.8. The van der Waals surface area contributed by atoms with E-state index in [1.807, 2.05) is 31.2 Å². The Kier molecular flexibility index (Phi) is 8.32. The minimum atomic E-state index is -0.357. The fraction of sp³-hybridized carbons (Fsp3) is 0.407. The standard InChI is InChI=1S/C27H32N4O5/c1-19(7-10-26(34)29-18-33)31-15-21-13-22(8-9-23(21)27(31)35)36-25-16-30(12-11-24(25)28-17-32)14-20-5-3-2-4-6-20/h2-6,8-9,13,17-19,24-25H,7,10-12,14-16H2,1H3,(H,28,32)(H,29,33,34). The van der Waals surface area contributed by atoms with Crippen molar-refractivity contribution in [1.29, 1.82) is 0 Å². The van der Waals surface area contributed by atoms with Gasteiger partial charge in [0.05, 0.1) is 6.04 Å². The fourth-order valence-corrected chi connectivity index (χ4v) is 4.92.